The van der Waals surface area contributed by atoms with Crippen molar-refractivity contribution in [3.05, 3.63) is 93.1 Å². The molecular formula is C27H24BrN5O7. The molecule has 4 aliphatic carbocycles. The summed E-state index contributed by atoms with van der Waals surface area (Å²) in [6, 6.07) is 8.73. The summed E-state index contributed by atoms with van der Waals surface area (Å²) in [5.74, 6) is 1.61. The molecule has 0 radical (unpaired) electrons. The largest absolute Gasteiger partial charge is 0.493 e. The maximum absolute atomic E-state index is 12.8. The third-order valence-electron chi connectivity index (χ3n) is 8.66. The van der Waals surface area contributed by atoms with Crippen LogP contribution in [0.1, 0.15) is 49.7 Å². The molecule has 1 aromatic heterocycles. The molecule has 4 fully saturated rings. The number of H-pyrrole nitrogens is 1. The molecule has 2 aromatic carbocycles. The molecular weight excluding hydrogens is 586 g/mol. The van der Waals surface area contributed by atoms with Gasteiger partial charge in [0.05, 0.1) is 21.2 Å². The van der Waals surface area contributed by atoms with Crippen molar-refractivity contribution in [1.82, 2.24) is 9.55 Å². The van der Waals surface area contributed by atoms with Gasteiger partial charge in [0.25, 0.3) is 5.56 Å². The zero-order valence-electron chi connectivity index (χ0n) is 21.1. The highest BCUT2D eigenvalue weighted by molar-refractivity contribution is 9.10. The maximum atomic E-state index is 12.8. The van der Waals surface area contributed by atoms with Gasteiger partial charge in [-0.2, -0.15) is 0 Å². The van der Waals surface area contributed by atoms with Gasteiger partial charge in [0.2, 0.25) is 5.88 Å². The van der Waals surface area contributed by atoms with Crippen molar-refractivity contribution in [2.24, 2.45) is 22.7 Å². The maximum Gasteiger partial charge on any atom is 0.348 e. The molecule has 2 N–H and O–H groups in total. The minimum atomic E-state index is -0.916. The predicted octanol–water partition coefficient (Wildman–Crippen LogP) is 5.03. The van der Waals surface area contributed by atoms with E-state index in [0.717, 1.165) is 59.9 Å². The molecule has 13 heteroatoms. The van der Waals surface area contributed by atoms with E-state index in [9.17, 15) is 34.9 Å². The number of aromatic amines is 1. The smallest absolute Gasteiger partial charge is 0.348 e. The van der Waals surface area contributed by atoms with Crippen molar-refractivity contribution < 1.29 is 15.0 Å². The van der Waals surface area contributed by atoms with Crippen molar-refractivity contribution >= 4 is 39.2 Å². The Morgan fingerprint density at radius 1 is 0.975 bits per heavy atom. The Balaban J connectivity index is 1.36. The second-order valence-electron chi connectivity index (χ2n) is 11.1. The molecule has 0 amide bonds. The van der Waals surface area contributed by atoms with Gasteiger partial charge in [-0.3, -0.25) is 35.0 Å². The molecule has 1 heterocycles. The SMILES string of the molecule is O=c1[nH]c(=O)n(-c2ccc(C34CC5CC(CC(C5)C3)C4)cc2Br)c(O)c1C=Nc1ccc([N+](=O)[O-])c([N+](=O)[O-])c1. The highest BCUT2D eigenvalue weighted by Gasteiger charge is 2.51. The summed E-state index contributed by atoms with van der Waals surface area (Å²) >= 11 is 3.57. The van der Waals surface area contributed by atoms with Crippen molar-refractivity contribution in [2.75, 3.05) is 0 Å². The summed E-state index contributed by atoms with van der Waals surface area (Å²) in [5, 5.41) is 33.3. The lowest BCUT2D eigenvalue weighted by molar-refractivity contribution is -0.422. The first kappa shape index (κ1) is 26.1. The van der Waals surface area contributed by atoms with Gasteiger partial charge in [0, 0.05) is 22.8 Å². The molecule has 4 saturated carbocycles. The molecule has 40 heavy (non-hydrogen) atoms. The van der Waals surface area contributed by atoms with Gasteiger partial charge in [0.15, 0.2) is 0 Å². The van der Waals surface area contributed by atoms with E-state index >= 15 is 0 Å². The number of aromatic hydroxyl groups is 1. The number of aliphatic imine (C=N–C) groups is 1. The second kappa shape index (κ2) is 9.51. The van der Waals surface area contributed by atoms with E-state index in [1.807, 2.05) is 12.1 Å². The van der Waals surface area contributed by atoms with Crippen LogP contribution in [0.15, 0.2) is 55.5 Å². The lowest BCUT2D eigenvalue weighted by Crippen LogP contribution is -2.48. The van der Waals surface area contributed by atoms with Crippen molar-refractivity contribution in [3.63, 3.8) is 0 Å². The monoisotopic (exact) mass is 609 g/mol. The lowest BCUT2D eigenvalue weighted by atomic mass is 9.48. The summed E-state index contributed by atoms with van der Waals surface area (Å²) < 4.78 is 1.54. The summed E-state index contributed by atoms with van der Waals surface area (Å²) in [7, 11) is 0. The Labute approximate surface area is 234 Å². The Morgan fingerprint density at radius 3 is 2.17 bits per heavy atom. The summed E-state index contributed by atoms with van der Waals surface area (Å²) in [6.07, 6.45) is 8.39. The van der Waals surface area contributed by atoms with E-state index in [-0.39, 0.29) is 16.7 Å². The molecule has 4 bridgehead atoms. The van der Waals surface area contributed by atoms with Crippen molar-refractivity contribution in [1.29, 1.82) is 0 Å². The topological polar surface area (TPSA) is 174 Å². The number of benzene rings is 2. The summed E-state index contributed by atoms with van der Waals surface area (Å²) in [5.41, 5.74) is -2.01. The lowest BCUT2D eigenvalue weighted by Gasteiger charge is -2.57. The van der Waals surface area contributed by atoms with Gasteiger partial charge in [-0.15, -0.1) is 0 Å². The van der Waals surface area contributed by atoms with Gasteiger partial charge >= 0.3 is 17.1 Å². The van der Waals surface area contributed by atoms with Gasteiger partial charge in [-0.05, 0) is 101 Å². The number of hydrogen-bond acceptors (Lipinski definition) is 8. The van der Waals surface area contributed by atoms with Crippen LogP contribution in [0.25, 0.3) is 5.69 Å². The molecule has 0 atom stereocenters. The molecule has 0 aliphatic heterocycles. The first-order valence-electron chi connectivity index (χ1n) is 12.9. The standard InChI is InChI=1S/C27H24BrN5O7/c28-20-8-17(27-10-14-5-15(11-27)7-16(6-14)12-27)1-3-21(20)31-25(35)19(24(34)30-26(31)36)13-29-18-2-4-22(32(37)38)23(9-18)33(39)40/h1-4,8-9,13-16,35H,5-7,10-12H2,(H,30,34,36). The third kappa shape index (κ3) is 4.34. The van der Waals surface area contributed by atoms with Crippen molar-refractivity contribution in [3.8, 4) is 11.6 Å². The van der Waals surface area contributed by atoms with Gasteiger partial charge in [0.1, 0.15) is 5.56 Å². The van der Waals surface area contributed by atoms with E-state index in [1.54, 1.807) is 6.07 Å². The fraction of sp³-hybridized carbons (Fsp3) is 0.370. The Hall–Kier alpha value is -4.13. The molecule has 0 unspecified atom stereocenters. The highest BCUT2D eigenvalue weighted by atomic mass is 79.9. The minimum Gasteiger partial charge on any atom is -0.493 e. The minimum absolute atomic E-state index is 0.0602. The van der Waals surface area contributed by atoms with Crippen LogP contribution >= 0.6 is 15.9 Å². The number of rotatable bonds is 6. The quantitative estimate of drug-likeness (QED) is 0.224. The van der Waals surface area contributed by atoms with Crippen LogP contribution in [0.4, 0.5) is 17.1 Å². The molecule has 206 valence electrons. The Bertz CT molecular complexity index is 1690. The van der Waals surface area contributed by atoms with Gasteiger partial charge in [-0.25, -0.2) is 9.36 Å². The fourth-order valence-electron chi connectivity index (χ4n) is 7.39. The average Bonchev–Trinajstić information content (AvgIpc) is 2.88. The fourth-order valence-corrected chi connectivity index (χ4v) is 7.95. The van der Waals surface area contributed by atoms with Crippen LogP contribution in [0.5, 0.6) is 5.88 Å². The molecule has 12 nitrogen and oxygen atoms in total. The number of hydrogen-bond donors (Lipinski definition) is 2. The molecule has 4 aliphatic rings. The molecule has 3 aromatic rings. The number of aromatic nitrogens is 2. The van der Waals surface area contributed by atoms with Crippen LogP contribution < -0.4 is 11.2 Å². The average molecular weight is 610 g/mol. The Morgan fingerprint density at radius 2 is 1.60 bits per heavy atom. The zero-order chi connectivity index (χ0) is 28.3. The van der Waals surface area contributed by atoms with E-state index in [0.29, 0.717) is 10.2 Å². The second-order valence-corrected chi connectivity index (χ2v) is 12.0. The normalized spacial score (nSPS) is 25.0. The Kier molecular flexibility index (Phi) is 6.21. The van der Waals surface area contributed by atoms with E-state index in [2.05, 4.69) is 25.9 Å². The number of nitro groups is 2. The number of nitro benzene ring substituents is 2. The van der Waals surface area contributed by atoms with Crippen LogP contribution in [-0.4, -0.2) is 30.7 Å². The van der Waals surface area contributed by atoms with Crippen LogP contribution in [-0.2, 0) is 5.41 Å². The number of nitrogens with one attached hydrogen (secondary N) is 1. The van der Waals surface area contributed by atoms with Gasteiger partial charge in [-0.1, -0.05) is 6.07 Å². The highest BCUT2D eigenvalue weighted by Crippen LogP contribution is 2.61. The van der Waals surface area contributed by atoms with E-state index in [4.69, 9.17) is 0 Å². The number of halogens is 1. The first-order valence-corrected chi connectivity index (χ1v) is 13.7. The molecule has 7 rings (SSSR count). The summed E-state index contributed by atoms with van der Waals surface area (Å²) in [4.78, 5) is 52.0. The van der Waals surface area contributed by atoms with E-state index in [1.165, 1.54) is 30.9 Å². The molecule has 0 saturated heterocycles. The van der Waals surface area contributed by atoms with E-state index < -0.39 is 38.4 Å². The van der Waals surface area contributed by atoms with Gasteiger partial charge < -0.3 is 5.11 Å². The summed E-state index contributed by atoms with van der Waals surface area (Å²) in [6.45, 7) is 0. The third-order valence-corrected chi connectivity index (χ3v) is 9.29. The number of nitrogens with zero attached hydrogens (tertiary/aromatic N) is 4. The van der Waals surface area contributed by atoms with Crippen molar-refractivity contribution in [2.45, 2.75) is 43.9 Å². The van der Waals surface area contributed by atoms with Crippen LogP contribution in [0, 0.1) is 38.0 Å². The van der Waals surface area contributed by atoms with Crippen LogP contribution in [0.3, 0.4) is 0 Å². The zero-order valence-corrected chi connectivity index (χ0v) is 22.7. The first-order chi connectivity index (χ1) is 19.0. The molecule has 0 spiro atoms. The van der Waals surface area contributed by atoms with Crippen LogP contribution in [0.2, 0.25) is 0 Å². The predicted molar refractivity (Wildman–Crippen MR) is 149 cm³/mol.